The van der Waals surface area contributed by atoms with E-state index in [4.69, 9.17) is 9.47 Å². The number of hydrogen-bond acceptors (Lipinski definition) is 5. The fraction of sp³-hybridized carbons (Fsp3) is 0.500. The number of Topliss-reactive ketones (excluding diaryl/α,β-unsaturated/α-hetero) is 1. The monoisotopic (exact) mass is 361 g/mol. The van der Waals surface area contributed by atoms with Gasteiger partial charge in [0, 0.05) is 18.2 Å². The highest BCUT2D eigenvalue weighted by Gasteiger charge is 2.40. The summed E-state index contributed by atoms with van der Waals surface area (Å²) in [4.78, 5) is 26.7. The van der Waals surface area contributed by atoms with Gasteiger partial charge < -0.3 is 14.4 Å². The molecule has 2 aliphatic rings. The van der Waals surface area contributed by atoms with E-state index in [9.17, 15) is 14.0 Å². The molecule has 5 nitrogen and oxygen atoms in total. The Kier molecular flexibility index (Phi) is 5.03. The molecule has 0 spiro atoms. The molecule has 1 aromatic carbocycles. The van der Waals surface area contributed by atoms with Gasteiger partial charge in [0.2, 0.25) is 0 Å². The molecule has 2 unspecified atom stereocenters. The summed E-state index contributed by atoms with van der Waals surface area (Å²) in [6, 6.07) is 2.72. The van der Waals surface area contributed by atoms with Crippen LogP contribution in [-0.2, 0) is 14.3 Å². The van der Waals surface area contributed by atoms with Gasteiger partial charge in [-0.15, -0.1) is 0 Å². The van der Waals surface area contributed by atoms with Crippen LogP contribution < -0.4 is 4.74 Å². The Morgan fingerprint density at radius 1 is 1.42 bits per heavy atom. The third kappa shape index (κ3) is 3.20. The van der Waals surface area contributed by atoms with Gasteiger partial charge in [0.25, 0.3) is 0 Å². The molecule has 140 valence electrons. The maximum absolute atomic E-state index is 14.2. The highest BCUT2D eigenvalue weighted by atomic mass is 19.1. The smallest absolute Gasteiger partial charge is 0.343 e. The zero-order valence-corrected chi connectivity index (χ0v) is 15.5. The van der Waals surface area contributed by atoms with Crippen molar-refractivity contribution in [1.82, 2.24) is 4.90 Å². The van der Waals surface area contributed by atoms with Gasteiger partial charge in [0.1, 0.15) is 23.7 Å². The van der Waals surface area contributed by atoms with Crippen molar-refractivity contribution in [3.05, 3.63) is 40.8 Å². The third-order valence-electron chi connectivity index (χ3n) is 5.02. The van der Waals surface area contributed by atoms with Gasteiger partial charge in [-0.25, -0.2) is 9.18 Å². The molecule has 0 bridgehead atoms. The van der Waals surface area contributed by atoms with Gasteiger partial charge in [-0.1, -0.05) is 13.8 Å². The van der Waals surface area contributed by atoms with Crippen LogP contribution in [0.4, 0.5) is 4.39 Å². The molecule has 0 N–H and O–H groups in total. The van der Waals surface area contributed by atoms with Crippen LogP contribution in [0.15, 0.2) is 23.9 Å². The highest BCUT2D eigenvalue weighted by molar-refractivity contribution is 6.17. The molecule has 1 aromatic rings. The van der Waals surface area contributed by atoms with E-state index in [1.807, 2.05) is 4.90 Å². The van der Waals surface area contributed by atoms with E-state index in [2.05, 4.69) is 13.8 Å². The number of fused-ring (bicyclic) bond motifs is 3. The molecule has 2 atom stereocenters. The van der Waals surface area contributed by atoms with E-state index in [0.29, 0.717) is 23.5 Å². The number of benzene rings is 1. The number of ketones is 1. The van der Waals surface area contributed by atoms with Gasteiger partial charge in [0.05, 0.1) is 18.7 Å². The standard InChI is InChI=1S/C20H24FNO4/c1-5-25-20(24)14-9-22-16(8-18(14)23)13-7-15(21)12(4)6-19(13)26-10-17(22)11(2)3/h6-7,9,11,16-17H,5,8,10H2,1-4H3. The Hall–Kier alpha value is -2.37. The maximum Gasteiger partial charge on any atom is 0.343 e. The first-order valence-corrected chi connectivity index (χ1v) is 8.95. The van der Waals surface area contributed by atoms with Gasteiger partial charge in [0.15, 0.2) is 5.78 Å². The van der Waals surface area contributed by atoms with Crippen LogP contribution >= 0.6 is 0 Å². The average molecular weight is 361 g/mol. The fourth-order valence-corrected chi connectivity index (χ4v) is 3.53. The first kappa shape index (κ1) is 18.4. The van der Waals surface area contributed by atoms with Crippen molar-refractivity contribution in [3.8, 4) is 5.75 Å². The van der Waals surface area contributed by atoms with Crippen molar-refractivity contribution in [2.75, 3.05) is 13.2 Å². The van der Waals surface area contributed by atoms with Crippen molar-refractivity contribution < 1.29 is 23.5 Å². The minimum Gasteiger partial charge on any atom is -0.491 e. The van der Waals surface area contributed by atoms with E-state index in [0.717, 1.165) is 0 Å². The van der Waals surface area contributed by atoms with Crippen LogP contribution in [0.25, 0.3) is 0 Å². The predicted octanol–water partition coefficient (Wildman–Crippen LogP) is 3.31. The summed E-state index contributed by atoms with van der Waals surface area (Å²) >= 11 is 0. The summed E-state index contributed by atoms with van der Waals surface area (Å²) < 4.78 is 25.2. The zero-order chi connectivity index (χ0) is 19.0. The number of carbonyl (C=O) groups excluding carboxylic acids is 2. The van der Waals surface area contributed by atoms with E-state index in [1.165, 1.54) is 6.07 Å². The summed E-state index contributed by atoms with van der Waals surface area (Å²) in [6.07, 6.45) is 1.67. The lowest BCUT2D eigenvalue weighted by atomic mass is 9.89. The molecule has 0 saturated carbocycles. The Labute approximate surface area is 152 Å². The van der Waals surface area contributed by atoms with E-state index >= 15 is 0 Å². The van der Waals surface area contributed by atoms with E-state index < -0.39 is 5.97 Å². The first-order valence-electron chi connectivity index (χ1n) is 8.95. The van der Waals surface area contributed by atoms with Crippen molar-refractivity contribution in [2.45, 2.75) is 46.2 Å². The average Bonchev–Trinajstić information content (AvgIpc) is 2.72. The molecule has 6 heteroatoms. The largest absolute Gasteiger partial charge is 0.491 e. The second kappa shape index (κ2) is 7.09. The lowest BCUT2D eigenvalue weighted by Gasteiger charge is -2.39. The highest BCUT2D eigenvalue weighted by Crippen LogP contribution is 2.42. The van der Waals surface area contributed by atoms with Crippen LogP contribution in [0.2, 0.25) is 0 Å². The lowest BCUT2D eigenvalue weighted by Crippen LogP contribution is -2.44. The summed E-state index contributed by atoms with van der Waals surface area (Å²) in [5.74, 6) is -0.420. The van der Waals surface area contributed by atoms with Crippen LogP contribution in [0, 0.1) is 18.7 Å². The molecule has 0 radical (unpaired) electrons. The molecule has 0 aromatic heterocycles. The molecule has 0 aliphatic carbocycles. The molecular weight excluding hydrogens is 337 g/mol. The number of hydrogen-bond donors (Lipinski definition) is 0. The number of carbonyl (C=O) groups is 2. The van der Waals surface area contributed by atoms with Gasteiger partial charge in [-0.3, -0.25) is 4.79 Å². The third-order valence-corrected chi connectivity index (χ3v) is 5.02. The summed E-state index contributed by atoms with van der Waals surface area (Å²) in [5.41, 5.74) is 1.19. The van der Waals surface area contributed by atoms with Crippen LogP contribution in [0.3, 0.4) is 0 Å². The first-order chi connectivity index (χ1) is 12.3. The molecule has 3 rings (SSSR count). The van der Waals surface area contributed by atoms with E-state index in [1.54, 1.807) is 26.1 Å². The molecule has 0 saturated heterocycles. The Balaban J connectivity index is 2.10. The number of aryl methyl sites for hydroxylation is 1. The van der Waals surface area contributed by atoms with Crippen molar-refractivity contribution >= 4 is 11.8 Å². The normalized spacial score (nSPS) is 22.2. The quantitative estimate of drug-likeness (QED) is 0.611. The summed E-state index contributed by atoms with van der Waals surface area (Å²) in [5, 5.41) is 0. The minimum absolute atomic E-state index is 0.0461. The molecular formula is C20H24FNO4. The van der Waals surface area contributed by atoms with Gasteiger partial charge >= 0.3 is 5.97 Å². The van der Waals surface area contributed by atoms with Crippen LogP contribution in [-0.4, -0.2) is 35.9 Å². The Morgan fingerprint density at radius 2 is 2.15 bits per heavy atom. The van der Waals surface area contributed by atoms with Crippen molar-refractivity contribution in [1.29, 1.82) is 0 Å². The zero-order valence-electron chi connectivity index (χ0n) is 15.5. The molecule has 0 amide bonds. The van der Waals surface area contributed by atoms with Gasteiger partial charge in [-0.2, -0.15) is 0 Å². The molecule has 26 heavy (non-hydrogen) atoms. The maximum atomic E-state index is 14.2. The number of esters is 1. The predicted molar refractivity (Wildman–Crippen MR) is 94.2 cm³/mol. The van der Waals surface area contributed by atoms with Crippen LogP contribution in [0.1, 0.15) is 44.4 Å². The second-order valence-electron chi connectivity index (χ2n) is 7.12. The Bertz CT molecular complexity index is 771. The number of ether oxygens (including phenoxy) is 2. The van der Waals surface area contributed by atoms with Gasteiger partial charge in [-0.05, 0) is 37.5 Å². The number of nitrogens with zero attached hydrogens (tertiary/aromatic N) is 1. The minimum atomic E-state index is -0.612. The Morgan fingerprint density at radius 3 is 2.81 bits per heavy atom. The molecule has 2 aliphatic heterocycles. The number of rotatable bonds is 3. The van der Waals surface area contributed by atoms with Crippen molar-refractivity contribution in [2.24, 2.45) is 5.92 Å². The van der Waals surface area contributed by atoms with E-state index in [-0.39, 0.29) is 48.2 Å². The van der Waals surface area contributed by atoms with Crippen molar-refractivity contribution in [3.63, 3.8) is 0 Å². The second-order valence-corrected chi connectivity index (χ2v) is 7.12. The topological polar surface area (TPSA) is 55.8 Å². The lowest BCUT2D eigenvalue weighted by molar-refractivity contribution is -0.140. The molecule has 2 heterocycles. The summed E-state index contributed by atoms with van der Waals surface area (Å²) in [6.45, 7) is 8.10. The van der Waals surface area contributed by atoms with Crippen LogP contribution in [0.5, 0.6) is 5.75 Å². The summed E-state index contributed by atoms with van der Waals surface area (Å²) in [7, 11) is 0. The molecule has 0 fully saturated rings. The SMILES string of the molecule is CCOC(=O)C1=CN2C(CC1=O)c1cc(F)c(C)cc1OCC2C(C)C. The number of halogens is 1. The fourth-order valence-electron chi connectivity index (χ4n) is 3.53.